The van der Waals surface area contributed by atoms with Crippen molar-refractivity contribution in [2.75, 3.05) is 163 Å². The smallest absolute Gasteiger partial charge is 0.386 e. The van der Waals surface area contributed by atoms with Gasteiger partial charge in [0.15, 0.2) is 53.8 Å². The van der Waals surface area contributed by atoms with Crippen molar-refractivity contribution in [3.05, 3.63) is 129 Å². The van der Waals surface area contributed by atoms with Gasteiger partial charge in [0.05, 0.1) is 124 Å². The van der Waals surface area contributed by atoms with Crippen LogP contribution in [0.1, 0.15) is 79.4 Å². The summed E-state index contributed by atoms with van der Waals surface area (Å²) in [4.78, 5) is 118. The molecule has 6 aliphatic rings. The fourth-order valence-electron chi connectivity index (χ4n) is 16.5. The normalized spacial score (nSPS) is 29.2. The molecular weight excluding hydrogens is 2130 g/mol. The number of fused-ring (bicyclic) bond motifs is 2. The van der Waals surface area contributed by atoms with Gasteiger partial charge in [0.2, 0.25) is 5.95 Å². The molecule has 6 saturated heterocycles. The van der Waals surface area contributed by atoms with Gasteiger partial charge in [-0.2, -0.15) is 19.9 Å². The average molecular weight is 2240 g/mol. The lowest BCUT2D eigenvalue weighted by Crippen LogP contribution is -2.41. The summed E-state index contributed by atoms with van der Waals surface area (Å²) >= 11 is 22.2. The summed E-state index contributed by atoms with van der Waals surface area (Å²) in [6, 6.07) is 0. The van der Waals surface area contributed by atoms with E-state index >= 15 is 18.3 Å². The van der Waals surface area contributed by atoms with E-state index < -0.39 is 242 Å². The van der Waals surface area contributed by atoms with Crippen LogP contribution < -0.4 is 62.5 Å². The Labute approximate surface area is 848 Å². The van der Waals surface area contributed by atoms with Gasteiger partial charge in [-0.1, -0.05) is 68.2 Å². The SMILES string of the molecule is CC[C@H]1O[C@@H](n2cc(C)c(=O)[nH]c2=O)CC1OP(=O)(S)OC[C@H]1O[C@H](n2cc(C)c(N)nc2=O)[C@@H](OCCOC)C1OP(=O)(S)OC[C@H]1O[C@H](n2cc(C)c(N)nc2=O)[C@@H](OCCOC)C1OP(=O)(S)OC[C@H]1O[C@@H](n2cnc3c(N)ncnc32)[C@@H](OCCOC)C1OP(=O)(S)OC[C@H]1O[C@@H](n2cnc3c(=O)[nH]c(N)nc32)[C@@H](OCCOC)C1OP(=O)(S)OC[C@H]1O[C@H](n2cc(C)c(N)nc2=O)[C@@H](OCCOC)C1O. The van der Waals surface area contributed by atoms with Gasteiger partial charge in [0.25, 0.3) is 11.1 Å². The molecule has 0 bridgehead atoms. The highest BCUT2D eigenvalue weighted by Gasteiger charge is 2.59. The van der Waals surface area contributed by atoms with E-state index in [4.69, 9.17) is 150 Å². The van der Waals surface area contributed by atoms with E-state index in [9.17, 15) is 38.4 Å². The summed E-state index contributed by atoms with van der Waals surface area (Å²) in [5.41, 5.74) is 26.2. The number of hydrogen-bond acceptors (Lipinski definition) is 51. The van der Waals surface area contributed by atoms with Crippen LogP contribution in [0.5, 0.6) is 0 Å². The second-order valence-electron chi connectivity index (χ2n) is 33.3. The highest BCUT2D eigenvalue weighted by Crippen LogP contribution is 2.64. The number of H-pyrrole nitrogens is 2. The van der Waals surface area contributed by atoms with Crippen LogP contribution in [-0.4, -0.2) is 321 Å². The number of imidazole rings is 2. The minimum atomic E-state index is -5.20. The predicted molar refractivity (Wildman–Crippen MR) is 521 cm³/mol. The van der Waals surface area contributed by atoms with Gasteiger partial charge < -0.3 is 110 Å². The van der Waals surface area contributed by atoms with Gasteiger partial charge >= 0.3 is 56.7 Å². The van der Waals surface area contributed by atoms with E-state index in [-0.39, 0.29) is 147 Å². The van der Waals surface area contributed by atoms with Crippen molar-refractivity contribution in [1.29, 1.82) is 0 Å². The molecule has 28 atom stereocenters. The van der Waals surface area contributed by atoms with E-state index in [0.717, 1.165) is 30.9 Å². The van der Waals surface area contributed by atoms with Crippen LogP contribution in [0.3, 0.4) is 0 Å². The van der Waals surface area contributed by atoms with E-state index in [2.05, 4.69) is 111 Å². The van der Waals surface area contributed by atoms with Crippen LogP contribution in [0.2, 0.25) is 0 Å². The van der Waals surface area contributed by atoms with Crippen molar-refractivity contribution in [3.63, 3.8) is 0 Å². The first-order valence-corrected chi connectivity index (χ1v) is 57.8. The number of aromatic amines is 2. The molecule has 8 aromatic rings. The maximum Gasteiger partial charge on any atom is 0.386 e. The van der Waals surface area contributed by atoms with Gasteiger partial charge in [0.1, 0.15) is 127 Å². The monoisotopic (exact) mass is 2240 g/mol. The van der Waals surface area contributed by atoms with Crippen LogP contribution in [-0.2, 0) is 144 Å². The lowest BCUT2D eigenvalue weighted by Gasteiger charge is -2.30. The summed E-state index contributed by atoms with van der Waals surface area (Å²) < 4.78 is 243. The molecular formula is C76H112N21O38P5S5. The van der Waals surface area contributed by atoms with E-state index in [1.807, 2.05) is 0 Å². The first-order chi connectivity index (χ1) is 68.9. The molecule has 11 unspecified atom stereocenters. The standard InChI is InChI=1S/C76H112N21O38P5S5/c1-11-39-40(22-46(125-39)92-26-38(5)65(99)91-76(92)104)131-136(105,141)121-28-42-50(55(116-18-13-111-7)68(127-42)94-24-36(3)60(78)87-74(94)102)132-138(107,143)122-29-43-51(56(117-19-14-112-8)69(128-43)95-25-37(4)61(79)88-75(95)103)133-139(108,144)123-30-44-52(57(118-20-15-113-9)70(129-44)96-33-84-47-62(80)82-32-83-63(47)96)135-140(109,145)124-31-45-53(58(119-21-16-114-10)71(130-45)97-34-85-48-64(97)89-72(81)90-66(48)100)134-137(106,142)120-27-41-49(98)54(115-17-12-110-6)67(126-41)93-23-35(2)59(77)86-73(93)101/h23-26,32-34,39-46,49-58,67-71,98H,11-22,27-31H2,1-10H3,(H,105,141)(H,106,142)(H,107,143)(H,108,144)(H,109,145)(H2,77,86,101)(H2,78,87,102)(H2,79,88,103)(H2,80,82,83)(H,91,99,104)(H3,81,89,90,100)/t39-,40?,41-,42-,43-,44-,45-,46-,49?,50?,51?,52?,53?,54+,55+,56+,57+,58+,67+,68+,69+,70-,71-,136?,137?,138?,139?,140?/m1/s1. The van der Waals surface area contributed by atoms with Crippen LogP contribution in [0.4, 0.5) is 29.2 Å². The van der Waals surface area contributed by atoms with Gasteiger partial charge in [-0.15, -0.1) is 0 Å². The second kappa shape index (κ2) is 49.2. The Hall–Kier alpha value is -6.96. The fourth-order valence-corrected chi connectivity index (χ4v) is 23.9. The largest absolute Gasteiger partial charge is 0.387 e. The minimum absolute atomic E-state index is 0.0308. The Balaban J connectivity index is 0.761. The highest BCUT2D eigenvalue weighted by atomic mass is 32.7. The summed E-state index contributed by atoms with van der Waals surface area (Å²) in [6.45, 7) is -23.5. The predicted octanol–water partition coefficient (Wildman–Crippen LogP) is 2.33. The molecule has 69 heteroatoms. The lowest BCUT2D eigenvalue weighted by atomic mass is 10.1. The number of nitrogen functional groups attached to an aromatic ring is 5. The van der Waals surface area contributed by atoms with Crippen LogP contribution in [0.25, 0.3) is 22.3 Å². The topological polar surface area (TPSA) is 742 Å². The van der Waals surface area contributed by atoms with Crippen molar-refractivity contribution in [3.8, 4) is 0 Å². The number of rotatable bonds is 52. The van der Waals surface area contributed by atoms with Gasteiger partial charge in [-0.05, 0) is 34.1 Å². The van der Waals surface area contributed by atoms with Crippen LogP contribution in [0.15, 0.2) is 72.5 Å². The number of hydrogen-bond donors (Lipinski definition) is 13. The molecule has 13 N–H and O–H groups in total. The minimum Gasteiger partial charge on any atom is -0.387 e. The number of aliphatic hydroxyl groups is 1. The number of nitrogens with two attached hydrogens (primary N) is 5. The maximum absolute atomic E-state index is 15.8. The molecule has 0 amide bonds. The van der Waals surface area contributed by atoms with Crippen molar-refractivity contribution >= 4 is 147 Å². The van der Waals surface area contributed by atoms with Crippen molar-refractivity contribution in [2.24, 2.45) is 0 Å². The van der Waals surface area contributed by atoms with E-state index in [1.54, 1.807) is 13.8 Å². The molecule has 8 aromatic heterocycles. The summed E-state index contributed by atoms with van der Waals surface area (Å²) in [5, 5.41) is 11.9. The molecule has 0 saturated carbocycles. The molecule has 0 radical (unpaired) electrons. The third-order valence-electron chi connectivity index (χ3n) is 23.5. The summed E-state index contributed by atoms with van der Waals surface area (Å²) in [7, 11) is 6.84. The number of aliphatic hydroxyl groups excluding tert-OH is 1. The zero-order valence-electron chi connectivity index (χ0n) is 79.0. The quantitative estimate of drug-likeness (QED) is 0.0148. The fraction of sp³-hybridized carbons (Fsp3) is 0.658. The third-order valence-corrected chi connectivity index (χ3v) is 31.6. The zero-order valence-corrected chi connectivity index (χ0v) is 88.0. The number of anilines is 5. The average Bonchev–Trinajstić information content (AvgIpc) is 1.61. The number of methoxy groups -OCH3 is 5. The highest BCUT2D eigenvalue weighted by molar-refractivity contribution is 8.45. The molecule has 145 heavy (non-hydrogen) atoms. The number of nitrogens with one attached hydrogen (secondary N) is 2. The molecule has 14 rings (SSSR count). The van der Waals surface area contributed by atoms with Gasteiger partial charge in [-0.3, -0.25) is 92.2 Å². The third kappa shape index (κ3) is 27.2. The lowest BCUT2D eigenvalue weighted by molar-refractivity contribution is -0.0827. The number of aromatic nitrogens is 16. The van der Waals surface area contributed by atoms with Crippen LogP contribution >= 0.6 is 95.2 Å². The Bertz CT molecular complexity index is 6500. The molecule has 59 nitrogen and oxygen atoms in total. The Morgan fingerprint density at radius 1 is 0.379 bits per heavy atom. The number of ether oxygens (including phenoxy) is 16. The first kappa shape index (κ1) is 114. The Morgan fingerprint density at radius 3 is 1.10 bits per heavy atom. The molecule has 804 valence electrons. The zero-order chi connectivity index (χ0) is 105. The van der Waals surface area contributed by atoms with E-state index in [0.29, 0.717) is 5.56 Å². The van der Waals surface area contributed by atoms with Crippen molar-refractivity contribution < 1.29 is 149 Å². The second-order valence-corrected chi connectivity index (χ2v) is 47.7. The van der Waals surface area contributed by atoms with Crippen molar-refractivity contribution in [1.82, 2.24) is 77.2 Å². The molecule has 0 spiro atoms. The number of nitrogens with zero attached hydrogens (tertiary/aromatic N) is 14. The molecule has 0 aliphatic carbocycles. The molecule has 6 aliphatic heterocycles. The van der Waals surface area contributed by atoms with Crippen molar-refractivity contribution in [2.45, 2.75) is 189 Å². The molecule has 14 heterocycles. The van der Waals surface area contributed by atoms with Crippen LogP contribution in [0, 0.1) is 27.7 Å². The Morgan fingerprint density at radius 2 is 0.717 bits per heavy atom. The van der Waals surface area contributed by atoms with Gasteiger partial charge in [-0.25, -0.2) is 61.9 Å². The number of aryl methyl sites for hydroxylation is 4. The van der Waals surface area contributed by atoms with E-state index in [1.165, 1.54) is 96.6 Å². The Kier molecular flexibility index (Phi) is 38.6. The summed E-state index contributed by atoms with van der Waals surface area (Å²) in [5.74, 6) is -0.885. The first-order valence-electron chi connectivity index (χ1n) is 44.3. The maximum atomic E-state index is 15.8. The van der Waals surface area contributed by atoms with Gasteiger partial charge in [0, 0.05) is 89.0 Å². The summed E-state index contributed by atoms with van der Waals surface area (Å²) in [6.07, 6.45) is -26.6. The molecule has 0 aromatic carbocycles. The molecule has 6 fully saturated rings. The number of thiol groups is 5.